The zero-order valence-electron chi connectivity index (χ0n) is 69.0. The van der Waals surface area contributed by atoms with Crippen molar-refractivity contribution in [1.29, 1.82) is 0 Å². The standard InChI is InChI=1S/C115H74N4O10/c116-77-37-57-87(58-38-77)124-81-45-25-71(26-46-81)113(103-19-7-1-13-93(103)94-14-2-8-20-104(94)113)73-29-49-83(50-30-73)126-89-61-41-79(42-62-89)118-109(120)99-67-65-91(69-101(99)111(118)122)128-85-53-33-75(34-54-85)115(107-23-11-5-17-97(107)98-18-6-12-24-108(98)115)76-35-55-86(56-36-76)129-92-66-68-100-102(70-92)112(123)119(110(100)121)80-43-63-90(64-44-80)127-84-51-31-74(32-52-84)114(105-21-9-3-15-95(105)96-16-4-10-22-106(96)114)72-27-47-82(48-28-72)125-88-59-39-78(117)40-60-88/h1-70H,116-117H2. The number of carbonyl (C=O) groups excluding carboxylic acids is 4. The van der Waals surface area contributed by atoms with Crippen LogP contribution in [0.15, 0.2) is 425 Å². The van der Waals surface area contributed by atoms with Gasteiger partial charge in [0.1, 0.15) is 69.0 Å². The van der Waals surface area contributed by atoms with Crippen molar-refractivity contribution in [2.24, 2.45) is 0 Å². The van der Waals surface area contributed by atoms with Crippen molar-refractivity contribution >= 4 is 46.4 Å². The van der Waals surface area contributed by atoms with Crippen LogP contribution in [0.1, 0.15) is 108 Å². The van der Waals surface area contributed by atoms with Crippen molar-refractivity contribution in [3.63, 3.8) is 0 Å². The number of carbonyl (C=O) groups is 4. The monoisotopic (exact) mass is 1670 g/mol. The number of anilines is 4. The Labute approximate surface area is 742 Å². The molecule has 23 rings (SSSR count). The summed E-state index contributed by atoms with van der Waals surface area (Å²) < 4.78 is 38.6. The first kappa shape index (κ1) is 76.5. The Morgan fingerprint density at radius 1 is 0.171 bits per heavy atom. The third-order valence-electron chi connectivity index (χ3n) is 25.7. The predicted molar refractivity (Wildman–Crippen MR) is 501 cm³/mol. The third kappa shape index (κ3) is 12.5. The van der Waals surface area contributed by atoms with Crippen LogP contribution < -0.4 is 49.7 Å². The zero-order chi connectivity index (χ0) is 86.6. The molecule has 0 spiro atoms. The number of hydrogen-bond acceptors (Lipinski definition) is 12. The van der Waals surface area contributed by atoms with Crippen LogP contribution in [0.3, 0.4) is 0 Å². The summed E-state index contributed by atoms with van der Waals surface area (Å²) in [5.41, 5.74) is 32.8. The number of nitrogens with two attached hydrogens (primary N) is 2. The molecule has 0 radical (unpaired) electrons. The lowest BCUT2D eigenvalue weighted by molar-refractivity contribution is 0.0910. The van der Waals surface area contributed by atoms with E-state index in [2.05, 4.69) is 218 Å². The first-order valence-corrected chi connectivity index (χ1v) is 42.6. The van der Waals surface area contributed by atoms with Gasteiger partial charge in [-0.3, -0.25) is 19.2 Å². The van der Waals surface area contributed by atoms with Gasteiger partial charge in [0.25, 0.3) is 23.6 Å². The summed E-state index contributed by atoms with van der Waals surface area (Å²) in [6.45, 7) is 0. The summed E-state index contributed by atoms with van der Waals surface area (Å²) >= 11 is 0. The third-order valence-corrected chi connectivity index (χ3v) is 25.7. The van der Waals surface area contributed by atoms with Gasteiger partial charge in [-0.1, -0.05) is 218 Å². The predicted octanol–water partition coefficient (Wildman–Crippen LogP) is 26.3. The van der Waals surface area contributed by atoms with Crippen LogP contribution in [-0.4, -0.2) is 23.6 Å². The molecular formula is C115H74N4O10. The van der Waals surface area contributed by atoms with Gasteiger partial charge in [0.15, 0.2) is 0 Å². The minimum Gasteiger partial charge on any atom is -0.457 e. The molecule has 0 unspecified atom stereocenters. The van der Waals surface area contributed by atoms with E-state index in [-0.39, 0.29) is 22.3 Å². The molecule has 0 fully saturated rings. The Kier molecular flexibility index (Phi) is 18.1. The largest absolute Gasteiger partial charge is 0.457 e. The highest BCUT2D eigenvalue weighted by Crippen LogP contribution is 2.60. The first-order valence-electron chi connectivity index (χ1n) is 42.6. The van der Waals surface area contributed by atoms with Gasteiger partial charge in [0.2, 0.25) is 0 Å². The molecule has 18 aromatic carbocycles. The second-order valence-corrected chi connectivity index (χ2v) is 32.7. The number of amides is 4. The number of nitrogens with zero attached hydrogens (tertiary/aromatic N) is 2. The lowest BCUT2D eigenvalue weighted by atomic mass is 9.68. The average molecular weight is 1670 g/mol. The molecule has 0 atom stereocenters. The molecule has 0 saturated heterocycles. The molecule has 129 heavy (non-hydrogen) atoms. The van der Waals surface area contributed by atoms with E-state index >= 15 is 0 Å². The molecule has 0 aromatic heterocycles. The smallest absolute Gasteiger partial charge is 0.266 e. The van der Waals surface area contributed by atoms with E-state index in [9.17, 15) is 19.2 Å². The molecule has 14 nitrogen and oxygen atoms in total. The minimum absolute atomic E-state index is 0.222. The maximum atomic E-state index is 14.4. The highest BCUT2D eigenvalue weighted by molar-refractivity contribution is 6.35. The Morgan fingerprint density at radius 2 is 0.341 bits per heavy atom. The molecule has 3 aliphatic carbocycles. The number of nitrogen functional groups attached to an aromatic ring is 2. The van der Waals surface area contributed by atoms with E-state index < -0.39 is 39.9 Å². The summed E-state index contributed by atoms with van der Waals surface area (Å²) in [7, 11) is 0. The van der Waals surface area contributed by atoms with Gasteiger partial charge in [0.05, 0.1) is 49.9 Å². The van der Waals surface area contributed by atoms with Gasteiger partial charge in [0, 0.05) is 11.4 Å². The fraction of sp³-hybridized carbons (Fsp3) is 0.0261. The summed E-state index contributed by atoms with van der Waals surface area (Å²) in [5.74, 6) is 5.01. The Balaban J connectivity index is 0.457. The number of fused-ring (bicyclic) bond motifs is 11. The molecule has 614 valence electrons. The number of rotatable bonds is 20. The normalized spacial score (nSPS) is 14.0. The maximum Gasteiger partial charge on any atom is 0.266 e. The Morgan fingerprint density at radius 3 is 0.558 bits per heavy atom. The average Bonchev–Trinajstić information content (AvgIpc) is 1.55. The van der Waals surface area contributed by atoms with E-state index in [0.29, 0.717) is 91.7 Å². The van der Waals surface area contributed by atoms with Crippen molar-refractivity contribution in [2.45, 2.75) is 16.2 Å². The molecular weight excluding hydrogens is 1600 g/mol. The second kappa shape index (κ2) is 30.6. The molecule has 4 amide bonds. The maximum absolute atomic E-state index is 14.4. The fourth-order valence-corrected chi connectivity index (χ4v) is 20.0. The van der Waals surface area contributed by atoms with Crippen molar-refractivity contribution in [3.05, 3.63) is 514 Å². The summed E-state index contributed by atoms with van der Waals surface area (Å²) in [4.78, 5) is 59.7. The van der Waals surface area contributed by atoms with E-state index in [1.54, 1.807) is 84.9 Å². The van der Waals surface area contributed by atoms with E-state index in [1.807, 2.05) is 121 Å². The van der Waals surface area contributed by atoms with Crippen molar-refractivity contribution in [2.75, 3.05) is 21.3 Å². The molecule has 0 saturated carbocycles. The molecule has 18 aromatic rings. The molecule has 0 bridgehead atoms. The number of imide groups is 2. The van der Waals surface area contributed by atoms with E-state index in [4.69, 9.17) is 39.9 Å². The number of hydrogen-bond donors (Lipinski definition) is 2. The lowest BCUT2D eigenvalue weighted by Crippen LogP contribution is -2.29. The van der Waals surface area contributed by atoms with Gasteiger partial charge < -0.3 is 39.9 Å². The molecule has 2 aliphatic heterocycles. The molecule has 14 heteroatoms. The minimum atomic E-state index is -0.802. The summed E-state index contributed by atoms with van der Waals surface area (Å²) in [6, 6.07) is 139. The van der Waals surface area contributed by atoms with Crippen LogP contribution in [0.5, 0.6) is 69.0 Å². The topological polar surface area (TPSA) is 182 Å². The summed E-state index contributed by atoms with van der Waals surface area (Å²) in [6.07, 6.45) is 0. The van der Waals surface area contributed by atoms with Gasteiger partial charge in [-0.15, -0.1) is 0 Å². The van der Waals surface area contributed by atoms with Crippen LogP contribution in [0, 0.1) is 0 Å². The number of ether oxygens (including phenoxy) is 6. The van der Waals surface area contributed by atoms with Gasteiger partial charge >= 0.3 is 0 Å². The number of benzene rings is 18. The molecule has 4 N–H and O–H groups in total. The Bertz CT molecular complexity index is 7010. The second-order valence-electron chi connectivity index (χ2n) is 32.7. The first-order chi connectivity index (χ1) is 63.3. The van der Waals surface area contributed by atoms with Crippen LogP contribution in [-0.2, 0) is 16.2 Å². The molecule has 2 heterocycles. The van der Waals surface area contributed by atoms with Gasteiger partial charge in [-0.05, 0) is 306 Å². The van der Waals surface area contributed by atoms with Gasteiger partial charge in [-0.25, -0.2) is 9.80 Å². The Hall–Kier alpha value is -17.4. The van der Waals surface area contributed by atoms with E-state index in [0.717, 1.165) is 55.6 Å². The fourth-order valence-electron chi connectivity index (χ4n) is 20.0. The van der Waals surface area contributed by atoms with Gasteiger partial charge in [-0.2, -0.15) is 0 Å². The van der Waals surface area contributed by atoms with E-state index in [1.165, 1.54) is 54.3 Å². The zero-order valence-corrected chi connectivity index (χ0v) is 69.0. The molecule has 5 aliphatic rings. The highest BCUT2D eigenvalue weighted by atomic mass is 16.5. The van der Waals surface area contributed by atoms with Crippen LogP contribution in [0.4, 0.5) is 22.7 Å². The SMILES string of the molecule is Nc1ccc(Oc2ccc(C3(c4ccc(Oc5ccc(N6C(=O)c7ccc(Oc8ccc(C9(c%10ccc(Oc%11ccc%12c(c%11)C(=O)N(c%11ccc(Oc%13ccc(C%14(c%15ccc(Oc%16ccc(N)cc%16)cc%15)c%15ccccc%15-c%15ccccc%15%14)cc%13)cc%11)C%12=O)cc%10)c%10ccccc%10-c%10ccccc%109)cc8)cc7C6=O)cc5)cc4)c4ccccc4-c4ccccc43)cc2)cc1. The van der Waals surface area contributed by atoms with Crippen LogP contribution >= 0.6 is 0 Å². The highest BCUT2D eigenvalue weighted by Gasteiger charge is 2.50. The van der Waals surface area contributed by atoms with Crippen molar-refractivity contribution in [3.8, 4) is 102 Å². The van der Waals surface area contributed by atoms with Crippen LogP contribution in [0.2, 0.25) is 0 Å². The summed E-state index contributed by atoms with van der Waals surface area (Å²) in [5, 5.41) is 0. The quantitative estimate of drug-likeness (QED) is 0.0545. The van der Waals surface area contributed by atoms with Crippen molar-refractivity contribution in [1.82, 2.24) is 0 Å². The van der Waals surface area contributed by atoms with Crippen LogP contribution in [0.25, 0.3) is 33.4 Å². The van der Waals surface area contributed by atoms with Crippen molar-refractivity contribution < 1.29 is 47.6 Å². The lowest BCUT2D eigenvalue weighted by Gasteiger charge is -2.34.